The summed E-state index contributed by atoms with van der Waals surface area (Å²) >= 11 is 0. The lowest BCUT2D eigenvalue weighted by Crippen LogP contribution is -2.41. The summed E-state index contributed by atoms with van der Waals surface area (Å²) in [7, 11) is 1.76. The number of hydrogen-bond acceptors (Lipinski definition) is 2. The smallest absolute Gasteiger partial charge is 0.234 e. The number of rotatable bonds is 6. The standard InChI is InChI=1S/C24H25NO2/c1-18(23(26)21-16-10-5-11-17-21)25(2)24(27)22(19-12-6-3-7-13-19)20-14-8-4-9-15-20/h3-18,22-23,26H,1-2H3. The summed E-state index contributed by atoms with van der Waals surface area (Å²) in [5.74, 6) is -0.433. The van der Waals surface area contributed by atoms with Crippen LogP contribution in [0.3, 0.4) is 0 Å². The van der Waals surface area contributed by atoms with E-state index in [1.807, 2.05) is 97.9 Å². The average Bonchev–Trinajstić information content (AvgIpc) is 2.74. The van der Waals surface area contributed by atoms with E-state index >= 15 is 0 Å². The van der Waals surface area contributed by atoms with E-state index in [1.54, 1.807) is 11.9 Å². The maximum Gasteiger partial charge on any atom is 0.234 e. The van der Waals surface area contributed by atoms with Gasteiger partial charge in [0.05, 0.1) is 18.1 Å². The number of nitrogens with zero attached hydrogens (tertiary/aromatic N) is 1. The fourth-order valence-corrected chi connectivity index (χ4v) is 3.31. The normalized spacial score (nSPS) is 13.2. The van der Waals surface area contributed by atoms with E-state index in [0.717, 1.165) is 16.7 Å². The van der Waals surface area contributed by atoms with Crippen LogP contribution in [0.25, 0.3) is 0 Å². The van der Waals surface area contributed by atoms with Crippen molar-refractivity contribution in [2.24, 2.45) is 0 Å². The Kier molecular flexibility index (Phi) is 6.05. The molecular weight excluding hydrogens is 334 g/mol. The molecule has 0 aliphatic heterocycles. The van der Waals surface area contributed by atoms with Gasteiger partial charge in [-0.15, -0.1) is 0 Å². The van der Waals surface area contributed by atoms with Gasteiger partial charge in [0.2, 0.25) is 5.91 Å². The second-order valence-electron chi connectivity index (χ2n) is 6.80. The number of hydrogen-bond donors (Lipinski definition) is 1. The summed E-state index contributed by atoms with van der Waals surface area (Å²) < 4.78 is 0. The molecule has 0 spiro atoms. The van der Waals surface area contributed by atoms with Crippen molar-refractivity contribution < 1.29 is 9.90 Å². The lowest BCUT2D eigenvalue weighted by molar-refractivity contribution is -0.134. The monoisotopic (exact) mass is 359 g/mol. The van der Waals surface area contributed by atoms with Gasteiger partial charge in [-0.1, -0.05) is 91.0 Å². The molecule has 1 amide bonds. The highest BCUT2D eigenvalue weighted by atomic mass is 16.3. The van der Waals surface area contributed by atoms with Gasteiger partial charge in [0.1, 0.15) is 0 Å². The van der Waals surface area contributed by atoms with Crippen molar-refractivity contribution in [3.8, 4) is 0 Å². The van der Waals surface area contributed by atoms with Crippen LogP contribution in [-0.4, -0.2) is 29.0 Å². The molecule has 2 atom stereocenters. The van der Waals surface area contributed by atoms with E-state index in [4.69, 9.17) is 0 Å². The van der Waals surface area contributed by atoms with Crippen LogP contribution in [0, 0.1) is 0 Å². The van der Waals surface area contributed by atoms with E-state index in [-0.39, 0.29) is 11.9 Å². The molecular formula is C24H25NO2. The third-order valence-electron chi connectivity index (χ3n) is 5.07. The van der Waals surface area contributed by atoms with E-state index in [2.05, 4.69) is 0 Å². The Labute approximate surface area is 160 Å². The van der Waals surface area contributed by atoms with Crippen molar-refractivity contribution in [1.29, 1.82) is 0 Å². The van der Waals surface area contributed by atoms with Gasteiger partial charge in [0.25, 0.3) is 0 Å². The fraction of sp³-hybridized carbons (Fsp3) is 0.208. The van der Waals surface area contributed by atoms with Crippen LogP contribution < -0.4 is 0 Å². The fourth-order valence-electron chi connectivity index (χ4n) is 3.31. The lowest BCUT2D eigenvalue weighted by Gasteiger charge is -2.32. The van der Waals surface area contributed by atoms with Crippen molar-refractivity contribution in [3.63, 3.8) is 0 Å². The maximum absolute atomic E-state index is 13.4. The number of carbonyl (C=O) groups is 1. The third kappa shape index (κ3) is 4.26. The Morgan fingerprint density at radius 1 is 0.741 bits per heavy atom. The van der Waals surface area contributed by atoms with E-state index < -0.39 is 12.0 Å². The first-order valence-corrected chi connectivity index (χ1v) is 9.19. The summed E-state index contributed by atoms with van der Waals surface area (Å²) in [4.78, 5) is 15.1. The van der Waals surface area contributed by atoms with Gasteiger partial charge in [-0.3, -0.25) is 4.79 Å². The highest BCUT2D eigenvalue weighted by Gasteiger charge is 2.31. The summed E-state index contributed by atoms with van der Waals surface area (Å²) in [5.41, 5.74) is 2.70. The number of benzene rings is 3. The highest BCUT2D eigenvalue weighted by Crippen LogP contribution is 2.29. The number of aliphatic hydroxyl groups excluding tert-OH is 1. The van der Waals surface area contributed by atoms with Gasteiger partial charge in [-0.05, 0) is 23.6 Å². The van der Waals surface area contributed by atoms with Crippen molar-refractivity contribution in [3.05, 3.63) is 108 Å². The minimum atomic E-state index is -0.743. The Hall–Kier alpha value is -2.91. The Morgan fingerprint density at radius 2 is 1.11 bits per heavy atom. The van der Waals surface area contributed by atoms with E-state index in [0.29, 0.717) is 0 Å². The van der Waals surface area contributed by atoms with Crippen LogP contribution in [0.15, 0.2) is 91.0 Å². The molecule has 0 aliphatic rings. The molecule has 3 nitrogen and oxygen atoms in total. The van der Waals surface area contributed by atoms with Crippen LogP contribution in [0.2, 0.25) is 0 Å². The molecule has 2 unspecified atom stereocenters. The predicted octanol–water partition coefficient (Wildman–Crippen LogP) is 4.40. The maximum atomic E-state index is 13.4. The zero-order valence-corrected chi connectivity index (χ0v) is 15.7. The molecule has 27 heavy (non-hydrogen) atoms. The Morgan fingerprint density at radius 3 is 1.52 bits per heavy atom. The first-order chi connectivity index (χ1) is 13.1. The molecule has 0 radical (unpaired) electrons. The molecule has 0 bridgehead atoms. The van der Waals surface area contributed by atoms with E-state index in [1.165, 1.54) is 0 Å². The molecule has 0 aliphatic carbocycles. The molecule has 0 heterocycles. The number of aliphatic hydroxyl groups is 1. The lowest BCUT2D eigenvalue weighted by atomic mass is 9.89. The van der Waals surface area contributed by atoms with Gasteiger partial charge < -0.3 is 10.0 Å². The van der Waals surface area contributed by atoms with Gasteiger partial charge in [-0.2, -0.15) is 0 Å². The molecule has 0 fully saturated rings. The minimum absolute atomic E-state index is 0.0325. The number of carbonyl (C=O) groups excluding carboxylic acids is 1. The Balaban J connectivity index is 1.89. The Bertz CT molecular complexity index is 810. The number of likely N-dealkylation sites (N-methyl/N-ethyl adjacent to an activating group) is 1. The zero-order chi connectivity index (χ0) is 19.2. The van der Waals surface area contributed by atoms with E-state index in [9.17, 15) is 9.90 Å². The molecule has 3 aromatic rings. The van der Waals surface area contributed by atoms with Crippen molar-refractivity contribution in [1.82, 2.24) is 4.90 Å². The molecule has 0 saturated carbocycles. The van der Waals surface area contributed by atoms with Gasteiger partial charge >= 0.3 is 0 Å². The first kappa shape index (κ1) is 18.9. The van der Waals surface area contributed by atoms with Gasteiger partial charge in [-0.25, -0.2) is 0 Å². The molecule has 3 heteroatoms. The molecule has 0 aromatic heterocycles. The summed E-state index contributed by atoms with van der Waals surface area (Å²) in [5, 5.41) is 10.7. The second-order valence-corrected chi connectivity index (χ2v) is 6.80. The predicted molar refractivity (Wildman–Crippen MR) is 108 cm³/mol. The van der Waals surface area contributed by atoms with Gasteiger partial charge in [0.15, 0.2) is 0 Å². The number of amides is 1. The minimum Gasteiger partial charge on any atom is -0.386 e. The zero-order valence-electron chi connectivity index (χ0n) is 15.7. The molecule has 3 aromatic carbocycles. The van der Waals surface area contributed by atoms with Gasteiger partial charge in [0, 0.05) is 7.05 Å². The first-order valence-electron chi connectivity index (χ1n) is 9.19. The summed E-state index contributed by atoms with van der Waals surface area (Å²) in [6, 6.07) is 28.7. The van der Waals surface area contributed by atoms with Crippen LogP contribution in [0.5, 0.6) is 0 Å². The van der Waals surface area contributed by atoms with Crippen LogP contribution >= 0.6 is 0 Å². The summed E-state index contributed by atoms with van der Waals surface area (Å²) in [6.07, 6.45) is -0.743. The van der Waals surface area contributed by atoms with Crippen LogP contribution in [-0.2, 0) is 4.79 Å². The van der Waals surface area contributed by atoms with Crippen molar-refractivity contribution >= 4 is 5.91 Å². The highest BCUT2D eigenvalue weighted by molar-refractivity contribution is 5.87. The molecule has 1 N–H and O–H groups in total. The van der Waals surface area contributed by atoms with Crippen LogP contribution in [0.1, 0.15) is 35.6 Å². The quantitative estimate of drug-likeness (QED) is 0.709. The summed E-state index contributed by atoms with van der Waals surface area (Å²) in [6.45, 7) is 1.88. The van der Waals surface area contributed by atoms with Crippen molar-refractivity contribution in [2.75, 3.05) is 7.05 Å². The third-order valence-corrected chi connectivity index (χ3v) is 5.07. The average molecular weight is 359 g/mol. The SMILES string of the molecule is CC(C(O)c1ccccc1)N(C)C(=O)C(c1ccccc1)c1ccccc1. The largest absolute Gasteiger partial charge is 0.386 e. The van der Waals surface area contributed by atoms with Crippen molar-refractivity contribution in [2.45, 2.75) is 25.0 Å². The second kappa shape index (κ2) is 8.65. The van der Waals surface area contributed by atoms with Crippen LogP contribution in [0.4, 0.5) is 0 Å². The molecule has 138 valence electrons. The molecule has 3 rings (SSSR count). The topological polar surface area (TPSA) is 40.5 Å². The molecule has 0 saturated heterocycles.